The third-order valence-corrected chi connectivity index (χ3v) is 5.98. The fraction of sp³-hybridized carbons (Fsp3) is 0.652. The molecule has 0 bridgehead atoms. The first kappa shape index (κ1) is 27.6. The molecule has 2 aliphatic heterocycles. The summed E-state index contributed by atoms with van der Waals surface area (Å²) >= 11 is 0. The van der Waals surface area contributed by atoms with Crippen molar-refractivity contribution in [3.8, 4) is 17.2 Å². The minimum atomic E-state index is -1.66. The summed E-state index contributed by atoms with van der Waals surface area (Å²) in [4.78, 5) is 0. The van der Waals surface area contributed by atoms with Crippen LogP contribution in [0, 0.1) is 0 Å². The minimum Gasteiger partial charge on any atom is -0.493 e. The van der Waals surface area contributed by atoms with Crippen LogP contribution in [-0.4, -0.2) is 113 Å². The predicted molar refractivity (Wildman–Crippen MR) is 120 cm³/mol. The van der Waals surface area contributed by atoms with Crippen LogP contribution < -0.4 is 14.2 Å². The number of methoxy groups -OCH3 is 2. The van der Waals surface area contributed by atoms with Crippen molar-refractivity contribution >= 4 is 6.08 Å². The summed E-state index contributed by atoms with van der Waals surface area (Å²) in [5, 5.41) is 61.2. The van der Waals surface area contributed by atoms with Crippen LogP contribution >= 0.6 is 0 Å². The highest BCUT2D eigenvalue weighted by molar-refractivity contribution is 5.62. The summed E-state index contributed by atoms with van der Waals surface area (Å²) in [6.45, 7) is 2.94. The Balaban J connectivity index is 1.76. The van der Waals surface area contributed by atoms with Crippen LogP contribution in [0.1, 0.15) is 19.4 Å². The van der Waals surface area contributed by atoms with Gasteiger partial charge in [-0.2, -0.15) is 0 Å². The number of benzene rings is 1. The van der Waals surface area contributed by atoms with Gasteiger partial charge in [0.05, 0.1) is 26.9 Å². The second-order valence-corrected chi connectivity index (χ2v) is 8.40. The lowest BCUT2D eigenvalue weighted by molar-refractivity contribution is -0.318. The van der Waals surface area contributed by atoms with E-state index in [1.807, 2.05) is 19.1 Å². The van der Waals surface area contributed by atoms with Crippen LogP contribution in [0.15, 0.2) is 18.2 Å². The maximum atomic E-state index is 10.5. The predicted octanol–water partition coefficient (Wildman–Crippen LogP) is -1.23. The first-order chi connectivity index (χ1) is 16.6. The summed E-state index contributed by atoms with van der Waals surface area (Å²) in [6.07, 6.45) is -10.4. The maximum Gasteiger partial charge on any atom is 0.229 e. The van der Waals surface area contributed by atoms with Crippen LogP contribution in [0.5, 0.6) is 17.2 Å². The fourth-order valence-corrected chi connectivity index (χ4v) is 3.91. The van der Waals surface area contributed by atoms with Crippen molar-refractivity contribution in [1.82, 2.24) is 0 Å². The SMILES string of the molecule is C/C=C/c1cc(OC)c(O[C@@H]2O[C@H](CO[C@@H]3O[C@H](C)[C@H](O)[C@@H](O)[C@H]3O)[C@@H](O)[C@H](O)[C@H]2O)c(OC)c1. The van der Waals surface area contributed by atoms with Crippen molar-refractivity contribution in [2.24, 2.45) is 0 Å². The van der Waals surface area contributed by atoms with Crippen molar-refractivity contribution in [1.29, 1.82) is 0 Å². The molecule has 2 aliphatic rings. The first-order valence-electron chi connectivity index (χ1n) is 11.2. The van der Waals surface area contributed by atoms with E-state index in [0.29, 0.717) is 0 Å². The van der Waals surface area contributed by atoms with Gasteiger partial charge in [0.2, 0.25) is 12.0 Å². The van der Waals surface area contributed by atoms with E-state index in [-0.39, 0.29) is 17.2 Å². The van der Waals surface area contributed by atoms with Crippen molar-refractivity contribution < 1.29 is 59.1 Å². The molecule has 10 atom stereocenters. The van der Waals surface area contributed by atoms with Gasteiger partial charge in [0.15, 0.2) is 17.8 Å². The first-order valence-corrected chi connectivity index (χ1v) is 11.2. The van der Waals surface area contributed by atoms with E-state index < -0.39 is 68.0 Å². The van der Waals surface area contributed by atoms with E-state index in [9.17, 15) is 30.6 Å². The summed E-state index contributed by atoms with van der Waals surface area (Å²) in [7, 11) is 2.85. The largest absolute Gasteiger partial charge is 0.493 e. The molecule has 3 rings (SSSR count). The molecule has 198 valence electrons. The van der Waals surface area contributed by atoms with Crippen molar-refractivity contribution in [2.75, 3.05) is 20.8 Å². The Kier molecular flexibility index (Phi) is 9.32. The molecule has 12 heteroatoms. The van der Waals surface area contributed by atoms with Gasteiger partial charge in [-0.15, -0.1) is 0 Å². The number of hydrogen-bond acceptors (Lipinski definition) is 12. The van der Waals surface area contributed by atoms with E-state index in [4.69, 9.17) is 28.4 Å². The Hall–Kier alpha value is -2.00. The Morgan fingerprint density at radius 3 is 1.94 bits per heavy atom. The average molecular weight is 503 g/mol. The molecule has 0 aliphatic carbocycles. The van der Waals surface area contributed by atoms with E-state index in [1.165, 1.54) is 21.1 Å². The van der Waals surface area contributed by atoms with Gasteiger partial charge in [0.1, 0.15) is 42.7 Å². The number of rotatable bonds is 8. The zero-order valence-corrected chi connectivity index (χ0v) is 19.9. The molecule has 35 heavy (non-hydrogen) atoms. The highest BCUT2D eigenvalue weighted by Gasteiger charge is 2.47. The normalized spacial score (nSPS) is 37.9. The number of hydrogen-bond donors (Lipinski definition) is 6. The average Bonchev–Trinajstić information content (AvgIpc) is 2.85. The number of ether oxygens (including phenoxy) is 6. The molecule has 6 N–H and O–H groups in total. The third kappa shape index (κ3) is 5.88. The van der Waals surface area contributed by atoms with Gasteiger partial charge in [0.25, 0.3) is 0 Å². The topological polar surface area (TPSA) is 177 Å². The zero-order valence-electron chi connectivity index (χ0n) is 19.9. The van der Waals surface area contributed by atoms with Gasteiger partial charge in [-0.1, -0.05) is 12.2 Å². The second-order valence-electron chi connectivity index (χ2n) is 8.40. The lowest BCUT2D eigenvalue weighted by atomic mass is 9.98. The van der Waals surface area contributed by atoms with Crippen molar-refractivity contribution in [3.63, 3.8) is 0 Å². The molecule has 0 unspecified atom stereocenters. The standard InChI is InChI=1S/C23H34O12/c1-5-6-11-7-12(30-3)21(13(8-11)31-4)35-23-20(29)18(27)16(25)14(34-23)9-32-22-19(28)17(26)15(24)10(2)33-22/h5-8,10,14-20,22-29H,9H2,1-4H3/b6-5+/t10-,14-,15+,16-,17-,18+,19-,20-,22-,23+/m1/s1. The summed E-state index contributed by atoms with van der Waals surface area (Å²) in [5.41, 5.74) is 0.771. The number of aliphatic hydroxyl groups excluding tert-OH is 6. The lowest BCUT2D eigenvalue weighted by Crippen LogP contribution is -2.61. The smallest absolute Gasteiger partial charge is 0.229 e. The van der Waals surface area contributed by atoms with Crippen LogP contribution in [0.4, 0.5) is 0 Å². The molecule has 1 aromatic carbocycles. The zero-order chi connectivity index (χ0) is 25.9. The van der Waals surface area contributed by atoms with Crippen LogP contribution in [0.25, 0.3) is 6.08 Å². The fourth-order valence-electron chi connectivity index (χ4n) is 3.91. The molecule has 2 saturated heterocycles. The Bertz CT molecular complexity index is 838. The minimum absolute atomic E-state index is 0.104. The molecule has 2 heterocycles. The van der Waals surface area contributed by atoms with Crippen molar-refractivity contribution in [2.45, 2.75) is 75.3 Å². The molecule has 0 saturated carbocycles. The van der Waals surface area contributed by atoms with Gasteiger partial charge < -0.3 is 59.1 Å². The maximum absolute atomic E-state index is 10.5. The molecule has 12 nitrogen and oxygen atoms in total. The molecular weight excluding hydrogens is 468 g/mol. The Morgan fingerprint density at radius 1 is 0.800 bits per heavy atom. The van der Waals surface area contributed by atoms with E-state index in [0.717, 1.165) is 5.56 Å². The Labute approximate surface area is 202 Å². The summed E-state index contributed by atoms with van der Waals surface area (Å²) in [6, 6.07) is 3.36. The highest BCUT2D eigenvalue weighted by atomic mass is 16.7. The van der Waals surface area contributed by atoms with Crippen LogP contribution in [0.2, 0.25) is 0 Å². The molecular formula is C23H34O12. The second kappa shape index (κ2) is 11.8. The van der Waals surface area contributed by atoms with Gasteiger partial charge in [-0.25, -0.2) is 0 Å². The highest BCUT2D eigenvalue weighted by Crippen LogP contribution is 2.41. The molecule has 0 radical (unpaired) electrons. The molecule has 0 spiro atoms. The summed E-state index contributed by atoms with van der Waals surface area (Å²) < 4.78 is 33.1. The molecule has 1 aromatic rings. The number of aliphatic hydroxyl groups is 6. The van der Waals surface area contributed by atoms with E-state index in [2.05, 4.69) is 0 Å². The Morgan fingerprint density at radius 2 is 1.37 bits per heavy atom. The number of allylic oxidation sites excluding steroid dienone is 1. The monoisotopic (exact) mass is 502 g/mol. The van der Waals surface area contributed by atoms with Crippen LogP contribution in [-0.2, 0) is 14.2 Å². The lowest BCUT2D eigenvalue weighted by Gasteiger charge is -2.42. The molecule has 2 fully saturated rings. The van der Waals surface area contributed by atoms with E-state index in [1.54, 1.807) is 12.1 Å². The van der Waals surface area contributed by atoms with Gasteiger partial charge in [0, 0.05) is 0 Å². The molecule has 0 aromatic heterocycles. The van der Waals surface area contributed by atoms with Crippen LogP contribution in [0.3, 0.4) is 0 Å². The van der Waals surface area contributed by atoms with Gasteiger partial charge in [-0.05, 0) is 31.5 Å². The summed E-state index contributed by atoms with van der Waals surface area (Å²) in [5.74, 6) is 0.663. The van der Waals surface area contributed by atoms with Gasteiger partial charge >= 0.3 is 0 Å². The third-order valence-electron chi connectivity index (χ3n) is 5.98. The molecule has 0 amide bonds. The van der Waals surface area contributed by atoms with Crippen molar-refractivity contribution in [3.05, 3.63) is 23.8 Å². The van der Waals surface area contributed by atoms with Gasteiger partial charge in [-0.3, -0.25) is 0 Å². The van der Waals surface area contributed by atoms with E-state index >= 15 is 0 Å². The quantitative estimate of drug-likeness (QED) is 0.250.